The smallest absolute Gasteiger partial charge is 0.311 e. The Morgan fingerprint density at radius 3 is 2.43 bits per heavy atom. The highest BCUT2D eigenvalue weighted by atomic mass is 32.2. The molecule has 1 atom stereocenters. The Balaban J connectivity index is 2.02. The van der Waals surface area contributed by atoms with Crippen molar-refractivity contribution in [3.05, 3.63) is 42.5 Å². The molecule has 0 aliphatic rings. The third-order valence-corrected chi connectivity index (χ3v) is 5.80. The summed E-state index contributed by atoms with van der Waals surface area (Å²) in [5, 5.41) is 1.32. The van der Waals surface area contributed by atoms with Gasteiger partial charge in [0.05, 0.1) is 5.25 Å². The maximum absolute atomic E-state index is 12.4. The minimum Gasteiger partial charge on any atom is -0.382 e. The minimum atomic E-state index is -3.60. The van der Waals surface area contributed by atoms with Crippen LogP contribution in [0.25, 0.3) is 10.8 Å². The first-order valence-corrected chi connectivity index (χ1v) is 9.93. The van der Waals surface area contributed by atoms with Crippen LogP contribution in [0.15, 0.2) is 42.5 Å². The van der Waals surface area contributed by atoms with Crippen LogP contribution in [0.1, 0.15) is 52.4 Å². The summed E-state index contributed by atoms with van der Waals surface area (Å²) in [7, 11) is -3.60. The molecule has 0 radical (unpaired) electrons. The zero-order chi connectivity index (χ0) is 16.7. The SMILES string of the molecule is CCCCCCCC(C)S(=O)(=O)Oc1cccc2ccccc12. The van der Waals surface area contributed by atoms with Gasteiger partial charge in [-0.25, -0.2) is 0 Å². The number of hydrogen-bond acceptors (Lipinski definition) is 3. The van der Waals surface area contributed by atoms with Crippen LogP contribution in [0.5, 0.6) is 5.75 Å². The Hall–Kier alpha value is -1.55. The molecule has 0 bridgehead atoms. The molecule has 2 aromatic rings. The molecule has 23 heavy (non-hydrogen) atoms. The van der Waals surface area contributed by atoms with Gasteiger partial charge in [0.25, 0.3) is 0 Å². The number of unbranched alkanes of at least 4 members (excludes halogenated alkanes) is 4. The van der Waals surface area contributed by atoms with Gasteiger partial charge < -0.3 is 4.18 Å². The summed E-state index contributed by atoms with van der Waals surface area (Å²) in [5.74, 6) is 0.418. The van der Waals surface area contributed by atoms with Gasteiger partial charge in [-0.3, -0.25) is 0 Å². The lowest BCUT2D eigenvalue weighted by Crippen LogP contribution is -2.23. The fourth-order valence-electron chi connectivity index (χ4n) is 2.66. The third-order valence-electron chi connectivity index (χ3n) is 4.16. The first-order valence-electron chi connectivity index (χ1n) is 8.45. The molecule has 0 amide bonds. The highest BCUT2D eigenvalue weighted by Crippen LogP contribution is 2.27. The monoisotopic (exact) mass is 334 g/mol. The van der Waals surface area contributed by atoms with E-state index in [2.05, 4.69) is 6.92 Å². The van der Waals surface area contributed by atoms with Crippen LogP contribution in [0.4, 0.5) is 0 Å². The van der Waals surface area contributed by atoms with Crippen molar-refractivity contribution >= 4 is 20.9 Å². The van der Waals surface area contributed by atoms with Gasteiger partial charge in [-0.2, -0.15) is 8.42 Å². The second-order valence-electron chi connectivity index (χ2n) is 6.07. The maximum Gasteiger partial charge on any atom is 0.311 e. The van der Waals surface area contributed by atoms with Crippen molar-refractivity contribution in [1.29, 1.82) is 0 Å². The van der Waals surface area contributed by atoms with E-state index in [4.69, 9.17) is 4.18 Å². The van der Waals surface area contributed by atoms with E-state index in [9.17, 15) is 8.42 Å². The molecule has 0 heterocycles. The van der Waals surface area contributed by atoms with Gasteiger partial charge in [0, 0.05) is 5.39 Å². The fraction of sp³-hybridized carbons (Fsp3) is 0.474. The van der Waals surface area contributed by atoms with E-state index in [0.29, 0.717) is 12.2 Å². The highest BCUT2D eigenvalue weighted by Gasteiger charge is 2.23. The molecule has 2 rings (SSSR count). The van der Waals surface area contributed by atoms with Gasteiger partial charge in [0.15, 0.2) is 0 Å². The molecule has 0 N–H and O–H groups in total. The molecule has 3 nitrogen and oxygen atoms in total. The van der Waals surface area contributed by atoms with E-state index in [1.165, 1.54) is 19.3 Å². The van der Waals surface area contributed by atoms with E-state index in [1.54, 1.807) is 13.0 Å². The van der Waals surface area contributed by atoms with Crippen molar-refractivity contribution in [1.82, 2.24) is 0 Å². The van der Waals surface area contributed by atoms with Crippen LogP contribution < -0.4 is 4.18 Å². The average Bonchev–Trinajstić information content (AvgIpc) is 2.54. The van der Waals surface area contributed by atoms with Crippen LogP contribution in [0.3, 0.4) is 0 Å². The molecule has 0 saturated heterocycles. The summed E-state index contributed by atoms with van der Waals surface area (Å²) in [6.45, 7) is 3.91. The van der Waals surface area contributed by atoms with E-state index < -0.39 is 15.4 Å². The predicted octanol–water partition coefficient (Wildman–Crippen LogP) is 5.30. The van der Waals surface area contributed by atoms with Crippen molar-refractivity contribution in [2.75, 3.05) is 0 Å². The van der Waals surface area contributed by atoms with Crippen LogP contribution in [-0.4, -0.2) is 13.7 Å². The summed E-state index contributed by atoms with van der Waals surface area (Å²) in [4.78, 5) is 0. The first kappa shape index (κ1) is 17.8. The molecule has 0 aliphatic carbocycles. The molecule has 126 valence electrons. The molecule has 0 aromatic heterocycles. The second-order valence-corrected chi connectivity index (χ2v) is 8.02. The molecule has 0 saturated carbocycles. The summed E-state index contributed by atoms with van der Waals surface area (Å²) in [6.07, 6.45) is 6.25. The molecule has 2 aromatic carbocycles. The van der Waals surface area contributed by atoms with Crippen molar-refractivity contribution in [2.45, 2.75) is 57.6 Å². The normalized spacial score (nSPS) is 13.1. The molecule has 0 aliphatic heterocycles. The Bertz CT molecular complexity index is 717. The van der Waals surface area contributed by atoms with Crippen molar-refractivity contribution in [3.63, 3.8) is 0 Å². The second kappa shape index (κ2) is 8.34. The van der Waals surface area contributed by atoms with Crippen molar-refractivity contribution in [3.8, 4) is 5.75 Å². The minimum absolute atomic E-state index is 0.418. The standard InChI is InChI=1S/C19H26O3S/c1-3-4-5-6-7-11-16(2)23(20,21)22-19-15-10-13-17-12-8-9-14-18(17)19/h8-10,12-16H,3-7,11H2,1-2H3. The Kier molecular flexibility index (Phi) is 6.46. The maximum atomic E-state index is 12.4. The Labute approximate surface area is 139 Å². The van der Waals surface area contributed by atoms with Gasteiger partial charge in [0.1, 0.15) is 5.75 Å². The lowest BCUT2D eigenvalue weighted by molar-refractivity contribution is 0.467. The number of rotatable bonds is 9. The van der Waals surface area contributed by atoms with Gasteiger partial charge in [-0.15, -0.1) is 0 Å². The van der Waals surface area contributed by atoms with Gasteiger partial charge in [-0.1, -0.05) is 75.4 Å². The Morgan fingerprint density at radius 2 is 1.65 bits per heavy atom. The largest absolute Gasteiger partial charge is 0.382 e. The van der Waals surface area contributed by atoms with Gasteiger partial charge >= 0.3 is 10.1 Å². The fourth-order valence-corrected chi connectivity index (χ4v) is 3.67. The molecule has 4 heteroatoms. The quantitative estimate of drug-likeness (QED) is 0.462. The molecule has 0 fully saturated rings. The molecular weight excluding hydrogens is 308 g/mol. The van der Waals surface area contributed by atoms with Crippen molar-refractivity contribution in [2.24, 2.45) is 0 Å². The van der Waals surface area contributed by atoms with E-state index in [0.717, 1.165) is 23.6 Å². The summed E-state index contributed by atoms with van der Waals surface area (Å²) >= 11 is 0. The zero-order valence-corrected chi connectivity index (χ0v) is 14.8. The summed E-state index contributed by atoms with van der Waals surface area (Å²) in [6, 6.07) is 13.1. The third kappa shape index (κ3) is 4.96. The summed E-state index contributed by atoms with van der Waals surface area (Å²) in [5.41, 5.74) is 0. The van der Waals surface area contributed by atoms with Crippen LogP contribution in [0, 0.1) is 0 Å². The first-order chi connectivity index (χ1) is 11.0. The van der Waals surface area contributed by atoms with Gasteiger partial charge in [0.2, 0.25) is 0 Å². The molecule has 0 spiro atoms. The van der Waals surface area contributed by atoms with E-state index in [-0.39, 0.29) is 0 Å². The topological polar surface area (TPSA) is 43.4 Å². The van der Waals surface area contributed by atoms with Crippen molar-refractivity contribution < 1.29 is 12.6 Å². The predicted molar refractivity (Wildman–Crippen MR) is 96.3 cm³/mol. The molecular formula is C19H26O3S. The van der Waals surface area contributed by atoms with Crippen LogP contribution >= 0.6 is 0 Å². The lowest BCUT2D eigenvalue weighted by atomic mass is 10.1. The number of hydrogen-bond donors (Lipinski definition) is 0. The van der Waals surface area contributed by atoms with Crippen LogP contribution in [-0.2, 0) is 10.1 Å². The van der Waals surface area contributed by atoms with Crippen LogP contribution in [0.2, 0.25) is 0 Å². The van der Waals surface area contributed by atoms with Gasteiger partial charge in [-0.05, 0) is 24.8 Å². The molecule has 1 unspecified atom stereocenters. The van der Waals surface area contributed by atoms with E-state index >= 15 is 0 Å². The highest BCUT2D eigenvalue weighted by molar-refractivity contribution is 7.87. The average molecular weight is 334 g/mol. The van der Waals surface area contributed by atoms with E-state index in [1.807, 2.05) is 36.4 Å². The number of benzene rings is 2. The Morgan fingerprint density at radius 1 is 0.957 bits per heavy atom. The zero-order valence-electron chi connectivity index (χ0n) is 14.0. The number of fused-ring (bicyclic) bond motifs is 1. The lowest BCUT2D eigenvalue weighted by Gasteiger charge is -2.15. The summed E-state index contributed by atoms with van der Waals surface area (Å²) < 4.78 is 30.3.